The highest BCUT2D eigenvalue weighted by atomic mass is 32.1. The standard InChI is InChI=1S/C10H12OS/c1-12-10(8-11)7-9-5-3-2-4-6-9/h2-6,8,12H,7H2,1H3. The van der Waals surface area contributed by atoms with Crippen LogP contribution >= 0.6 is 11.4 Å². The molecule has 0 amide bonds. The van der Waals surface area contributed by atoms with E-state index in [2.05, 4.69) is 0 Å². The first-order valence-corrected chi connectivity index (χ1v) is 5.15. The Morgan fingerprint density at radius 1 is 1.42 bits per heavy atom. The number of carbonyl (C=O) groups is 1. The van der Waals surface area contributed by atoms with E-state index in [0.29, 0.717) is 0 Å². The van der Waals surface area contributed by atoms with Crippen LogP contribution in [0.3, 0.4) is 0 Å². The predicted molar refractivity (Wildman–Crippen MR) is 56.1 cm³/mol. The van der Waals surface area contributed by atoms with Crippen LogP contribution in [0, 0.1) is 0 Å². The van der Waals surface area contributed by atoms with Gasteiger partial charge in [-0.15, -0.1) is 0 Å². The van der Waals surface area contributed by atoms with E-state index < -0.39 is 0 Å². The second kappa shape index (κ2) is 4.88. The lowest BCUT2D eigenvalue weighted by atomic mass is 10.1. The molecule has 2 heteroatoms. The Hall–Kier alpha value is -0.890. The maximum Gasteiger partial charge on any atom is 0.151 e. The van der Waals surface area contributed by atoms with Gasteiger partial charge in [0.15, 0.2) is 6.29 Å². The van der Waals surface area contributed by atoms with Crippen LogP contribution in [-0.4, -0.2) is 17.4 Å². The van der Waals surface area contributed by atoms with Crippen LogP contribution in [0.15, 0.2) is 30.3 Å². The van der Waals surface area contributed by atoms with Crippen LogP contribution in [0.25, 0.3) is 0 Å². The maximum absolute atomic E-state index is 10.5. The van der Waals surface area contributed by atoms with Crippen molar-refractivity contribution in [3.8, 4) is 0 Å². The molecule has 1 nitrogen and oxygen atoms in total. The van der Waals surface area contributed by atoms with Crippen LogP contribution in [0.2, 0.25) is 0 Å². The summed E-state index contributed by atoms with van der Waals surface area (Å²) in [5.74, 6) is 0. The molecular formula is C10H12OS. The van der Waals surface area contributed by atoms with Crippen molar-refractivity contribution in [3.05, 3.63) is 35.9 Å². The molecule has 0 aliphatic carbocycles. The van der Waals surface area contributed by atoms with Crippen LogP contribution in [0.5, 0.6) is 0 Å². The lowest BCUT2D eigenvalue weighted by Crippen LogP contribution is -2.01. The molecule has 0 saturated heterocycles. The molecule has 0 heterocycles. The Labute approximate surface area is 76.4 Å². The third-order valence-electron chi connectivity index (χ3n) is 1.65. The monoisotopic (exact) mass is 180 g/mol. The molecule has 0 radical (unpaired) electrons. The van der Waals surface area contributed by atoms with Crippen LogP contribution in [-0.2, 0) is 11.2 Å². The topological polar surface area (TPSA) is 17.1 Å². The van der Waals surface area contributed by atoms with Gasteiger partial charge in [-0.25, -0.2) is 0 Å². The van der Waals surface area contributed by atoms with E-state index in [1.54, 1.807) is 0 Å². The van der Waals surface area contributed by atoms with E-state index in [1.165, 1.54) is 5.56 Å². The summed E-state index contributed by atoms with van der Waals surface area (Å²) in [6.45, 7) is 0. The highest BCUT2D eigenvalue weighted by Gasteiger charge is 1.95. The largest absolute Gasteiger partial charge is 0.298 e. The number of carbonyl (C=O) groups excluding carboxylic acids is 1. The van der Waals surface area contributed by atoms with E-state index in [0.717, 1.165) is 28.9 Å². The molecule has 0 saturated carbocycles. The van der Waals surface area contributed by atoms with Crippen molar-refractivity contribution in [2.45, 2.75) is 6.42 Å². The Morgan fingerprint density at radius 2 is 2.08 bits per heavy atom. The Balaban J connectivity index is 2.70. The first-order valence-electron chi connectivity index (χ1n) is 3.81. The van der Waals surface area contributed by atoms with Crippen molar-refractivity contribution in [3.63, 3.8) is 0 Å². The molecule has 0 fully saturated rings. The fourth-order valence-corrected chi connectivity index (χ4v) is 1.42. The van der Waals surface area contributed by atoms with Gasteiger partial charge in [0.25, 0.3) is 0 Å². The van der Waals surface area contributed by atoms with Crippen molar-refractivity contribution in [1.29, 1.82) is 0 Å². The van der Waals surface area contributed by atoms with Gasteiger partial charge in [0.2, 0.25) is 0 Å². The van der Waals surface area contributed by atoms with Crippen LogP contribution < -0.4 is 0 Å². The van der Waals surface area contributed by atoms with E-state index in [-0.39, 0.29) is 0 Å². The second-order valence-electron chi connectivity index (χ2n) is 2.50. The first-order chi connectivity index (χ1) is 5.86. The molecule has 1 aromatic rings. The highest BCUT2D eigenvalue weighted by Crippen LogP contribution is 2.01. The third kappa shape index (κ3) is 2.62. The molecule has 0 aliphatic rings. The summed E-state index contributed by atoms with van der Waals surface area (Å²) in [5, 5.41) is 0. The molecule has 12 heavy (non-hydrogen) atoms. The molecule has 0 N–H and O–H groups in total. The van der Waals surface area contributed by atoms with Gasteiger partial charge in [-0.1, -0.05) is 30.3 Å². The third-order valence-corrected chi connectivity index (χ3v) is 2.49. The zero-order valence-electron chi connectivity index (χ0n) is 7.03. The SMILES string of the molecule is C/[SH]=C(/C=O)Cc1ccccc1. The summed E-state index contributed by atoms with van der Waals surface area (Å²) in [5.41, 5.74) is 1.20. The van der Waals surface area contributed by atoms with Crippen molar-refractivity contribution in [2.75, 3.05) is 6.26 Å². The predicted octanol–water partition coefficient (Wildman–Crippen LogP) is 1.70. The highest BCUT2D eigenvalue weighted by molar-refractivity contribution is 7.99. The smallest absolute Gasteiger partial charge is 0.151 e. The number of hydrogen-bond acceptors (Lipinski definition) is 1. The van der Waals surface area contributed by atoms with Gasteiger partial charge in [-0.05, 0) is 11.8 Å². The maximum atomic E-state index is 10.5. The van der Waals surface area contributed by atoms with E-state index >= 15 is 0 Å². The van der Waals surface area contributed by atoms with Gasteiger partial charge in [0.1, 0.15) is 0 Å². The molecular weight excluding hydrogens is 168 g/mol. The second-order valence-corrected chi connectivity index (χ2v) is 3.52. The lowest BCUT2D eigenvalue weighted by molar-refractivity contribution is -0.102. The van der Waals surface area contributed by atoms with Crippen molar-refractivity contribution < 1.29 is 4.79 Å². The van der Waals surface area contributed by atoms with Gasteiger partial charge < -0.3 is 0 Å². The minimum atomic E-state index is 0.780. The molecule has 1 rings (SSSR count). The minimum absolute atomic E-state index is 0.780. The molecule has 64 valence electrons. The molecule has 0 atom stereocenters. The number of aldehydes is 1. The summed E-state index contributed by atoms with van der Waals surface area (Å²) in [6.07, 6.45) is 3.71. The number of thiol groups is 1. The van der Waals surface area contributed by atoms with Gasteiger partial charge in [-0.3, -0.25) is 4.79 Å². The molecule has 1 aromatic carbocycles. The van der Waals surface area contributed by atoms with Gasteiger partial charge in [0, 0.05) is 11.3 Å². The molecule has 0 bridgehead atoms. The van der Waals surface area contributed by atoms with Crippen molar-refractivity contribution in [1.82, 2.24) is 0 Å². The van der Waals surface area contributed by atoms with Crippen LogP contribution in [0.1, 0.15) is 5.56 Å². The fourth-order valence-electron chi connectivity index (χ4n) is 0.978. The Bertz CT molecular complexity index is 277. The normalized spacial score (nSPS) is 11.9. The van der Waals surface area contributed by atoms with Gasteiger partial charge in [-0.2, -0.15) is 11.4 Å². The molecule has 0 spiro atoms. The lowest BCUT2D eigenvalue weighted by Gasteiger charge is -1.98. The quantitative estimate of drug-likeness (QED) is 0.425. The van der Waals surface area contributed by atoms with Crippen molar-refractivity contribution >= 4 is 22.5 Å². The summed E-state index contributed by atoms with van der Waals surface area (Å²) in [4.78, 5) is 11.4. The molecule has 0 unspecified atom stereocenters. The van der Waals surface area contributed by atoms with Gasteiger partial charge >= 0.3 is 0 Å². The average molecular weight is 180 g/mol. The fraction of sp³-hybridized carbons (Fsp3) is 0.200. The number of rotatable bonds is 3. The molecule has 0 aromatic heterocycles. The van der Waals surface area contributed by atoms with E-state index in [9.17, 15) is 4.79 Å². The molecule has 0 aliphatic heterocycles. The number of hydrogen-bond donors (Lipinski definition) is 1. The first kappa shape index (κ1) is 9.20. The Kier molecular flexibility index (Phi) is 3.74. The average Bonchev–Trinajstić information content (AvgIpc) is 2.16. The zero-order chi connectivity index (χ0) is 8.81. The van der Waals surface area contributed by atoms with Crippen molar-refractivity contribution in [2.24, 2.45) is 0 Å². The summed E-state index contributed by atoms with van der Waals surface area (Å²) in [7, 11) is 0. The summed E-state index contributed by atoms with van der Waals surface area (Å²) >= 11 is 1.07. The zero-order valence-corrected chi connectivity index (χ0v) is 7.92. The Morgan fingerprint density at radius 3 is 2.58 bits per heavy atom. The summed E-state index contributed by atoms with van der Waals surface area (Å²) in [6, 6.07) is 10.0. The minimum Gasteiger partial charge on any atom is -0.298 e. The van der Waals surface area contributed by atoms with E-state index in [4.69, 9.17) is 0 Å². The summed E-state index contributed by atoms with van der Waals surface area (Å²) < 4.78 is 0. The number of benzene rings is 1. The van der Waals surface area contributed by atoms with Gasteiger partial charge in [0.05, 0.1) is 0 Å². The van der Waals surface area contributed by atoms with E-state index in [1.807, 2.05) is 36.6 Å². The van der Waals surface area contributed by atoms with Crippen LogP contribution in [0.4, 0.5) is 0 Å².